The Balaban J connectivity index is 1.43. The Morgan fingerprint density at radius 1 is 0.350 bits per heavy atom. The molecule has 5 aromatic rings. The number of rotatable bonds is 4. The second-order valence-corrected chi connectivity index (χ2v) is 9.62. The maximum Gasteiger partial charge on any atom is 0.177 e. The Bertz CT molecular complexity index is 1700. The lowest BCUT2D eigenvalue weighted by Gasteiger charge is -2.04. The van der Waals surface area contributed by atoms with Crippen molar-refractivity contribution in [3.05, 3.63) is 166 Å². The van der Waals surface area contributed by atoms with Gasteiger partial charge in [-0.15, -0.1) is 0 Å². The van der Waals surface area contributed by atoms with Gasteiger partial charge in [-0.05, 0) is 12.1 Å². The summed E-state index contributed by atoms with van der Waals surface area (Å²) < 4.78 is 2.08. The fraction of sp³-hybridized carbons (Fsp3) is 0.0286. The highest BCUT2D eigenvalue weighted by Gasteiger charge is 2.23. The average Bonchev–Trinajstić information content (AvgIpc) is 3.76. The van der Waals surface area contributed by atoms with E-state index in [1.165, 1.54) is 0 Å². The molecule has 1 aromatic heterocycles. The predicted octanol–water partition coefficient (Wildman–Crippen LogP) is 5.14. The molecule has 0 amide bonds. The zero-order valence-electron chi connectivity index (χ0n) is 21.9. The monoisotopic (exact) mass is 515 g/mol. The number of hydrogen-bond acceptors (Lipinski definition) is 4. The molecule has 0 N–H and O–H groups in total. The highest BCUT2D eigenvalue weighted by Crippen LogP contribution is 2.22. The minimum Gasteiger partial charge on any atom is -0.338 e. The minimum atomic E-state index is 0.671. The van der Waals surface area contributed by atoms with Crippen LogP contribution < -0.4 is 10.7 Å². The van der Waals surface area contributed by atoms with Crippen LogP contribution in [0.3, 0.4) is 0 Å². The number of hydrogen-bond donors (Lipinski definition) is 0. The highest BCUT2D eigenvalue weighted by molar-refractivity contribution is 6.56. The zero-order valence-corrected chi connectivity index (χ0v) is 21.9. The van der Waals surface area contributed by atoms with Crippen molar-refractivity contribution in [2.75, 3.05) is 0 Å². The van der Waals surface area contributed by atoms with Gasteiger partial charge in [0.25, 0.3) is 0 Å². The summed E-state index contributed by atoms with van der Waals surface area (Å²) >= 11 is 0. The van der Waals surface area contributed by atoms with E-state index < -0.39 is 0 Å². The topological polar surface area (TPSA) is 54.4 Å². The van der Waals surface area contributed by atoms with Gasteiger partial charge in [-0.3, -0.25) is 0 Å². The van der Waals surface area contributed by atoms with Gasteiger partial charge < -0.3 is 4.57 Å². The third-order valence-electron chi connectivity index (χ3n) is 7.09. The van der Waals surface area contributed by atoms with Crippen molar-refractivity contribution in [2.45, 2.75) is 0 Å². The van der Waals surface area contributed by atoms with Gasteiger partial charge in [-0.25, -0.2) is 20.0 Å². The molecule has 2 aliphatic heterocycles. The van der Waals surface area contributed by atoms with E-state index in [0.29, 0.717) is 11.6 Å². The Labute approximate surface area is 232 Å². The second-order valence-electron chi connectivity index (χ2n) is 9.62. The van der Waals surface area contributed by atoms with Gasteiger partial charge in [0, 0.05) is 29.3 Å². The van der Waals surface area contributed by atoms with E-state index in [1.54, 1.807) is 0 Å². The maximum absolute atomic E-state index is 5.04. The molecule has 4 aromatic carbocycles. The SMILES string of the molecule is Cn1c(=C2N=C(c3ccccc3)C(c3ccccc3)=N2)ccc1=C1N=C(c2ccccc2)C(c2ccccc2)=N1. The van der Waals surface area contributed by atoms with Crippen molar-refractivity contribution in [1.29, 1.82) is 0 Å². The van der Waals surface area contributed by atoms with Crippen molar-refractivity contribution in [3.63, 3.8) is 0 Å². The molecule has 0 unspecified atom stereocenters. The molecule has 0 radical (unpaired) electrons. The van der Waals surface area contributed by atoms with Crippen LogP contribution in [-0.2, 0) is 7.05 Å². The lowest BCUT2D eigenvalue weighted by atomic mass is 10.0. The van der Waals surface area contributed by atoms with Crippen LogP contribution in [0, 0.1) is 0 Å². The van der Waals surface area contributed by atoms with Crippen molar-refractivity contribution in [1.82, 2.24) is 4.57 Å². The predicted molar refractivity (Wildman–Crippen MR) is 163 cm³/mol. The van der Waals surface area contributed by atoms with E-state index in [-0.39, 0.29) is 0 Å². The van der Waals surface area contributed by atoms with Gasteiger partial charge in [0.15, 0.2) is 11.6 Å². The summed E-state index contributed by atoms with van der Waals surface area (Å²) in [7, 11) is 2.02. The fourth-order valence-electron chi connectivity index (χ4n) is 5.06. The molecule has 7 rings (SSSR count). The second kappa shape index (κ2) is 10.0. The molecule has 0 bridgehead atoms. The Morgan fingerprint density at radius 2 is 0.600 bits per heavy atom. The van der Waals surface area contributed by atoms with Crippen molar-refractivity contribution in [3.8, 4) is 0 Å². The van der Waals surface area contributed by atoms with Gasteiger partial charge >= 0.3 is 0 Å². The molecule has 2 aliphatic rings. The van der Waals surface area contributed by atoms with Crippen molar-refractivity contribution >= 4 is 34.5 Å². The largest absolute Gasteiger partial charge is 0.338 e. The van der Waals surface area contributed by atoms with E-state index in [9.17, 15) is 0 Å². The Morgan fingerprint density at radius 3 is 0.850 bits per heavy atom. The third-order valence-corrected chi connectivity index (χ3v) is 7.09. The first kappa shape index (κ1) is 23.7. The first-order valence-electron chi connectivity index (χ1n) is 13.2. The van der Waals surface area contributed by atoms with Crippen molar-refractivity contribution < 1.29 is 0 Å². The first-order chi connectivity index (χ1) is 19.8. The molecule has 3 heterocycles. The zero-order chi connectivity index (χ0) is 26.9. The maximum atomic E-state index is 5.04. The molecule has 0 fully saturated rings. The standard InChI is InChI=1S/C35H25N5/c1-40-28(34-36-30(24-14-6-2-7-15-24)31(37-34)25-16-8-3-9-17-25)22-23-29(40)35-38-32(26-18-10-4-11-19-26)33(39-35)27-20-12-5-13-21-27/h2-23H,1H3. The summed E-state index contributed by atoms with van der Waals surface area (Å²) in [5.41, 5.74) is 7.61. The highest BCUT2D eigenvalue weighted by atomic mass is 15.1. The normalized spacial score (nSPS) is 14.6. The Hall–Kier alpha value is -5.42. The van der Waals surface area contributed by atoms with Crippen LogP contribution in [0.15, 0.2) is 153 Å². The summed E-state index contributed by atoms with van der Waals surface area (Å²) in [4.78, 5) is 20.2. The molecule has 0 spiro atoms. The summed E-state index contributed by atoms with van der Waals surface area (Å²) in [6.07, 6.45) is 0. The van der Waals surface area contributed by atoms with E-state index in [0.717, 1.165) is 55.8 Å². The number of aliphatic imine (C=N–C) groups is 4. The Kier molecular flexibility index (Phi) is 5.94. The molecule has 0 saturated carbocycles. The molecule has 0 saturated heterocycles. The van der Waals surface area contributed by atoms with Crippen LogP contribution in [0.1, 0.15) is 22.3 Å². The lowest BCUT2D eigenvalue weighted by molar-refractivity contribution is 0.845. The van der Waals surface area contributed by atoms with E-state index in [2.05, 4.69) is 65.2 Å². The quantitative estimate of drug-likeness (QED) is 0.318. The molecule has 40 heavy (non-hydrogen) atoms. The van der Waals surface area contributed by atoms with E-state index in [4.69, 9.17) is 20.0 Å². The van der Waals surface area contributed by atoms with Crippen LogP contribution in [0.5, 0.6) is 0 Å². The van der Waals surface area contributed by atoms with Gasteiger partial charge in [0.1, 0.15) is 0 Å². The van der Waals surface area contributed by atoms with Crippen LogP contribution >= 0.6 is 0 Å². The van der Waals surface area contributed by atoms with Crippen LogP contribution in [0.2, 0.25) is 0 Å². The molecule has 5 heteroatoms. The first-order valence-corrected chi connectivity index (χ1v) is 13.2. The molecular weight excluding hydrogens is 490 g/mol. The number of aromatic nitrogens is 1. The van der Waals surface area contributed by atoms with Gasteiger partial charge in [0.2, 0.25) is 0 Å². The molecule has 190 valence electrons. The average molecular weight is 516 g/mol. The molecular formula is C35H25N5. The van der Waals surface area contributed by atoms with Crippen LogP contribution in [-0.4, -0.2) is 27.4 Å². The third kappa shape index (κ3) is 4.24. The van der Waals surface area contributed by atoms with E-state index >= 15 is 0 Å². The number of benzene rings is 4. The van der Waals surface area contributed by atoms with E-state index in [1.807, 2.05) is 79.8 Å². The fourth-order valence-corrected chi connectivity index (χ4v) is 5.06. The van der Waals surface area contributed by atoms with Gasteiger partial charge in [-0.1, -0.05) is 121 Å². The van der Waals surface area contributed by atoms with Crippen molar-refractivity contribution in [2.24, 2.45) is 27.0 Å². The molecule has 0 atom stereocenters. The number of nitrogens with zero attached hydrogens (tertiary/aromatic N) is 5. The van der Waals surface area contributed by atoms with Crippen LogP contribution in [0.25, 0.3) is 11.6 Å². The van der Waals surface area contributed by atoms with Crippen LogP contribution in [0.4, 0.5) is 0 Å². The summed E-state index contributed by atoms with van der Waals surface area (Å²) in [6, 6.07) is 45.0. The minimum absolute atomic E-state index is 0.671. The smallest absolute Gasteiger partial charge is 0.177 e. The van der Waals surface area contributed by atoms with Gasteiger partial charge in [-0.2, -0.15) is 0 Å². The lowest BCUT2D eigenvalue weighted by Crippen LogP contribution is -2.25. The summed E-state index contributed by atoms with van der Waals surface area (Å²) in [6.45, 7) is 0. The summed E-state index contributed by atoms with van der Waals surface area (Å²) in [5, 5.41) is 1.81. The molecule has 0 aliphatic carbocycles. The van der Waals surface area contributed by atoms with Gasteiger partial charge in [0.05, 0.1) is 33.5 Å². The summed E-state index contributed by atoms with van der Waals surface area (Å²) in [5.74, 6) is 1.34. The molecule has 5 nitrogen and oxygen atoms in total.